The first-order chi connectivity index (χ1) is 12.0. The fourth-order valence-electron chi connectivity index (χ4n) is 2.11. The van der Waals surface area contributed by atoms with Crippen LogP contribution in [-0.4, -0.2) is 48.4 Å². The van der Waals surface area contributed by atoms with Crippen LogP contribution >= 0.6 is 0 Å². The van der Waals surface area contributed by atoms with Crippen molar-refractivity contribution < 1.29 is 24.2 Å². The minimum absolute atomic E-state index is 0.00110. The number of ether oxygens (including phenoxy) is 2. The zero-order valence-electron chi connectivity index (χ0n) is 15.1. The average Bonchev–Trinajstić information content (AvgIpc) is 2.61. The summed E-state index contributed by atoms with van der Waals surface area (Å²) in [6.45, 7) is 5.35. The Labute approximate surface area is 149 Å². The molecule has 0 heterocycles. The van der Waals surface area contributed by atoms with E-state index in [0.717, 1.165) is 5.56 Å². The average molecular weight is 351 g/mol. The highest BCUT2D eigenvalue weighted by Gasteiger charge is 2.15. The van der Waals surface area contributed by atoms with Crippen molar-refractivity contribution in [3.63, 3.8) is 0 Å². The van der Waals surface area contributed by atoms with Gasteiger partial charge in [0.1, 0.15) is 6.61 Å². The van der Waals surface area contributed by atoms with Crippen LogP contribution in [0.2, 0.25) is 0 Å². The highest BCUT2D eigenvalue weighted by molar-refractivity contribution is 5.70. The van der Waals surface area contributed by atoms with Crippen LogP contribution in [0, 0.1) is 5.92 Å². The number of rotatable bonds is 11. The lowest BCUT2D eigenvalue weighted by molar-refractivity contribution is -0.144. The third-order valence-corrected chi connectivity index (χ3v) is 3.44. The van der Waals surface area contributed by atoms with Gasteiger partial charge in [-0.05, 0) is 24.3 Å². The first kappa shape index (κ1) is 21.0. The molecule has 0 atom stereocenters. The Morgan fingerprint density at radius 2 is 1.76 bits per heavy atom. The molecule has 0 bridgehead atoms. The Kier molecular flexibility index (Phi) is 10.3. The number of amides is 1. The molecule has 1 aromatic carbocycles. The Bertz CT molecular complexity index is 504. The van der Waals surface area contributed by atoms with Crippen LogP contribution < -0.4 is 0 Å². The molecule has 0 radical (unpaired) electrons. The molecule has 0 saturated carbocycles. The largest absolute Gasteiger partial charge is 0.465 e. The van der Waals surface area contributed by atoms with E-state index in [0.29, 0.717) is 38.5 Å². The molecule has 0 saturated heterocycles. The van der Waals surface area contributed by atoms with Crippen LogP contribution in [0.5, 0.6) is 0 Å². The molecule has 0 aliphatic carbocycles. The van der Waals surface area contributed by atoms with Gasteiger partial charge in [-0.25, -0.2) is 4.79 Å². The van der Waals surface area contributed by atoms with Gasteiger partial charge in [0.05, 0.1) is 6.61 Å². The summed E-state index contributed by atoms with van der Waals surface area (Å²) < 4.78 is 10.4. The van der Waals surface area contributed by atoms with E-state index in [1.54, 1.807) is 0 Å². The van der Waals surface area contributed by atoms with Gasteiger partial charge in [-0.3, -0.25) is 4.79 Å². The molecular formula is C19H29NO5. The van der Waals surface area contributed by atoms with Crippen molar-refractivity contribution in [2.75, 3.05) is 26.3 Å². The Hall–Kier alpha value is -2.08. The first-order valence-corrected chi connectivity index (χ1v) is 8.75. The highest BCUT2D eigenvalue weighted by atomic mass is 16.6. The van der Waals surface area contributed by atoms with Crippen molar-refractivity contribution in [2.45, 2.75) is 39.7 Å². The maximum atomic E-state index is 12.2. The van der Waals surface area contributed by atoms with E-state index in [1.807, 2.05) is 44.2 Å². The fourth-order valence-corrected chi connectivity index (χ4v) is 2.11. The number of hydrogen-bond donors (Lipinski definition) is 1. The minimum atomic E-state index is -0.437. The smallest absolute Gasteiger partial charge is 0.410 e. The standard InChI is InChI=1S/C19H29NO5/c1-16(2)14-24-18(22)10-6-11-20(12-7-13-21)19(23)25-15-17-8-4-3-5-9-17/h3-5,8-9,16,21H,6-7,10-15H2,1-2H3. The number of aliphatic hydroxyl groups excluding tert-OH is 1. The van der Waals surface area contributed by atoms with Gasteiger partial charge < -0.3 is 19.5 Å². The molecule has 1 N–H and O–H groups in total. The lowest BCUT2D eigenvalue weighted by Gasteiger charge is -2.21. The van der Waals surface area contributed by atoms with Crippen LogP contribution in [0.15, 0.2) is 30.3 Å². The summed E-state index contributed by atoms with van der Waals surface area (Å²) in [7, 11) is 0. The molecule has 0 unspecified atom stereocenters. The fraction of sp³-hybridized carbons (Fsp3) is 0.579. The second-order valence-corrected chi connectivity index (χ2v) is 6.28. The maximum absolute atomic E-state index is 12.2. The van der Waals surface area contributed by atoms with Crippen molar-refractivity contribution in [3.05, 3.63) is 35.9 Å². The van der Waals surface area contributed by atoms with Gasteiger partial charge in [0.15, 0.2) is 0 Å². The van der Waals surface area contributed by atoms with Crippen molar-refractivity contribution in [2.24, 2.45) is 5.92 Å². The van der Waals surface area contributed by atoms with E-state index in [9.17, 15) is 9.59 Å². The molecule has 25 heavy (non-hydrogen) atoms. The molecular weight excluding hydrogens is 322 g/mol. The molecule has 0 aliphatic heterocycles. The van der Waals surface area contributed by atoms with E-state index in [-0.39, 0.29) is 25.6 Å². The van der Waals surface area contributed by atoms with Crippen LogP contribution in [-0.2, 0) is 20.9 Å². The summed E-state index contributed by atoms with van der Waals surface area (Å²) >= 11 is 0. The Morgan fingerprint density at radius 3 is 2.40 bits per heavy atom. The van der Waals surface area contributed by atoms with Gasteiger partial charge in [0, 0.05) is 26.1 Å². The SMILES string of the molecule is CC(C)COC(=O)CCCN(CCCO)C(=O)OCc1ccccc1. The second kappa shape index (κ2) is 12.3. The van der Waals surface area contributed by atoms with Gasteiger partial charge in [-0.2, -0.15) is 0 Å². The molecule has 6 heteroatoms. The number of hydrogen-bond acceptors (Lipinski definition) is 5. The third-order valence-electron chi connectivity index (χ3n) is 3.44. The molecule has 1 rings (SSSR count). The predicted octanol–water partition coefficient (Wildman–Crippen LogP) is 2.99. The lowest BCUT2D eigenvalue weighted by atomic mass is 10.2. The van der Waals surface area contributed by atoms with Crippen molar-refractivity contribution in [1.82, 2.24) is 4.90 Å². The van der Waals surface area contributed by atoms with Crippen molar-refractivity contribution >= 4 is 12.1 Å². The Balaban J connectivity index is 2.38. The van der Waals surface area contributed by atoms with Crippen LogP contribution in [0.1, 0.15) is 38.7 Å². The van der Waals surface area contributed by atoms with E-state index < -0.39 is 6.09 Å². The zero-order chi connectivity index (χ0) is 18.5. The number of nitrogens with zero attached hydrogens (tertiary/aromatic N) is 1. The molecule has 0 fully saturated rings. The molecule has 140 valence electrons. The van der Waals surface area contributed by atoms with E-state index >= 15 is 0 Å². The summed E-state index contributed by atoms with van der Waals surface area (Å²) in [6, 6.07) is 9.44. The second-order valence-electron chi connectivity index (χ2n) is 6.28. The highest BCUT2D eigenvalue weighted by Crippen LogP contribution is 2.06. The minimum Gasteiger partial charge on any atom is -0.465 e. The summed E-state index contributed by atoms with van der Waals surface area (Å²) in [5.41, 5.74) is 0.912. The van der Waals surface area contributed by atoms with Crippen molar-refractivity contribution in [3.8, 4) is 0 Å². The van der Waals surface area contributed by atoms with Crippen LogP contribution in [0.3, 0.4) is 0 Å². The summed E-state index contributed by atoms with van der Waals surface area (Å²) in [5.74, 6) is 0.0476. The quantitative estimate of drug-likeness (QED) is 0.620. The monoisotopic (exact) mass is 351 g/mol. The third kappa shape index (κ3) is 9.72. The molecule has 0 spiro atoms. The van der Waals surface area contributed by atoms with E-state index in [2.05, 4.69) is 0 Å². The molecule has 1 amide bonds. The molecule has 0 aromatic heterocycles. The molecule has 0 aliphatic rings. The first-order valence-electron chi connectivity index (χ1n) is 8.75. The van der Waals surface area contributed by atoms with Crippen molar-refractivity contribution in [1.29, 1.82) is 0 Å². The van der Waals surface area contributed by atoms with Crippen LogP contribution in [0.25, 0.3) is 0 Å². The van der Waals surface area contributed by atoms with Crippen LogP contribution in [0.4, 0.5) is 4.79 Å². The summed E-state index contributed by atoms with van der Waals surface area (Å²) in [5, 5.41) is 8.99. The van der Waals surface area contributed by atoms with E-state index in [1.165, 1.54) is 4.90 Å². The van der Waals surface area contributed by atoms with Gasteiger partial charge in [-0.1, -0.05) is 44.2 Å². The van der Waals surface area contributed by atoms with Gasteiger partial charge in [0.2, 0.25) is 0 Å². The summed E-state index contributed by atoms with van der Waals surface area (Å²) in [4.78, 5) is 25.4. The molecule has 6 nitrogen and oxygen atoms in total. The summed E-state index contributed by atoms with van der Waals surface area (Å²) in [6.07, 6.45) is 0.794. The maximum Gasteiger partial charge on any atom is 0.410 e. The van der Waals surface area contributed by atoms with Gasteiger partial charge in [-0.15, -0.1) is 0 Å². The number of aliphatic hydroxyl groups is 1. The topological polar surface area (TPSA) is 76.1 Å². The number of esters is 1. The number of benzene rings is 1. The molecule has 1 aromatic rings. The lowest BCUT2D eigenvalue weighted by Crippen LogP contribution is -2.34. The number of carbonyl (C=O) groups is 2. The predicted molar refractivity (Wildman–Crippen MR) is 94.9 cm³/mol. The van der Waals surface area contributed by atoms with Gasteiger partial charge >= 0.3 is 12.1 Å². The van der Waals surface area contributed by atoms with Gasteiger partial charge in [0.25, 0.3) is 0 Å². The number of carbonyl (C=O) groups excluding carboxylic acids is 2. The normalized spacial score (nSPS) is 10.6. The Morgan fingerprint density at radius 1 is 1.08 bits per heavy atom. The van der Waals surface area contributed by atoms with E-state index in [4.69, 9.17) is 14.6 Å². The zero-order valence-corrected chi connectivity index (χ0v) is 15.1.